The fourth-order valence-electron chi connectivity index (χ4n) is 2.66. The van der Waals surface area contributed by atoms with Gasteiger partial charge in [-0.3, -0.25) is 4.79 Å². The van der Waals surface area contributed by atoms with Crippen LogP contribution in [-0.4, -0.2) is 24.5 Å². The van der Waals surface area contributed by atoms with Crippen LogP contribution in [0, 0.1) is 12.8 Å². The average Bonchev–Trinajstić information content (AvgIpc) is 2.91. The van der Waals surface area contributed by atoms with Gasteiger partial charge in [0.25, 0.3) is 5.91 Å². The Morgan fingerprint density at radius 3 is 2.86 bits per heavy atom. The van der Waals surface area contributed by atoms with E-state index in [0.717, 1.165) is 29.7 Å². The van der Waals surface area contributed by atoms with Crippen LogP contribution in [0.2, 0.25) is 0 Å². The zero-order valence-electron chi connectivity index (χ0n) is 13.1. The van der Waals surface area contributed by atoms with Crippen LogP contribution >= 0.6 is 11.3 Å². The van der Waals surface area contributed by atoms with Gasteiger partial charge >= 0.3 is 5.97 Å². The molecule has 0 radical (unpaired) electrons. The van der Waals surface area contributed by atoms with Crippen molar-refractivity contribution in [1.82, 2.24) is 5.32 Å². The molecule has 1 saturated carbocycles. The Morgan fingerprint density at radius 2 is 2.18 bits per heavy atom. The molecule has 0 spiro atoms. The van der Waals surface area contributed by atoms with Crippen molar-refractivity contribution in [3.8, 4) is 0 Å². The lowest BCUT2D eigenvalue weighted by molar-refractivity contribution is -0.144. The minimum absolute atomic E-state index is 0.212. The molecule has 1 aliphatic rings. The van der Waals surface area contributed by atoms with Gasteiger partial charge in [0.2, 0.25) is 0 Å². The molecule has 4 nitrogen and oxygen atoms in total. The molecular formula is C17H23NO3S. The number of hydrogen-bond acceptors (Lipinski definition) is 4. The highest BCUT2D eigenvalue weighted by Crippen LogP contribution is 2.23. The summed E-state index contributed by atoms with van der Waals surface area (Å²) in [7, 11) is 0. The maximum Gasteiger partial charge on any atom is 0.331 e. The Balaban J connectivity index is 1.72. The molecule has 0 aromatic carbocycles. The van der Waals surface area contributed by atoms with Gasteiger partial charge in [-0.15, -0.1) is 11.3 Å². The lowest BCUT2D eigenvalue weighted by Gasteiger charge is -2.29. The van der Waals surface area contributed by atoms with Gasteiger partial charge < -0.3 is 10.1 Å². The molecule has 0 aliphatic heterocycles. The molecule has 1 aromatic rings. The van der Waals surface area contributed by atoms with Gasteiger partial charge in [0.05, 0.1) is 0 Å². The van der Waals surface area contributed by atoms with Gasteiger partial charge in [0.1, 0.15) is 0 Å². The summed E-state index contributed by atoms with van der Waals surface area (Å²) in [4.78, 5) is 24.5. The third kappa shape index (κ3) is 4.98. The average molecular weight is 321 g/mol. The number of thiophene rings is 1. The number of esters is 1. The van der Waals surface area contributed by atoms with Crippen molar-refractivity contribution in [1.29, 1.82) is 0 Å². The van der Waals surface area contributed by atoms with Crippen LogP contribution in [0.4, 0.5) is 0 Å². The molecule has 120 valence electrons. The van der Waals surface area contributed by atoms with E-state index in [1.165, 1.54) is 12.5 Å². The number of hydrogen-bond donors (Lipinski definition) is 1. The summed E-state index contributed by atoms with van der Waals surface area (Å²) in [6, 6.07) is 2.21. The SMILES string of the molecule is Cc1ccsc1/C=C/C(=O)OCC(=O)N[C@H]1CCCC[C@H]1C. The first-order chi connectivity index (χ1) is 10.6. The van der Waals surface area contributed by atoms with Gasteiger partial charge in [-0.05, 0) is 48.8 Å². The lowest BCUT2D eigenvalue weighted by atomic mass is 9.86. The molecule has 0 bridgehead atoms. The first kappa shape index (κ1) is 16.7. The Morgan fingerprint density at radius 1 is 1.41 bits per heavy atom. The molecular weight excluding hydrogens is 298 g/mol. The normalized spacial score (nSPS) is 21.7. The predicted molar refractivity (Wildman–Crippen MR) is 88.6 cm³/mol. The summed E-state index contributed by atoms with van der Waals surface area (Å²) in [5.41, 5.74) is 1.12. The van der Waals surface area contributed by atoms with Gasteiger partial charge in [-0.25, -0.2) is 4.79 Å². The van der Waals surface area contributed by atoms with E-state index < -0.39 is 5.97 Å². The molecule has 1 N–H and O–H groups in total. The molecule has 1 amide bonds. The number of carbonyl (C=O) groups is 2. The van der Waals surface area contributed by atoms with E-state index in [9.17, 15) is 9.59 Å². The van der Waals surface area contributed by atoms with E-state index in [4.69, 9.17) is 4.74 Å². The molecule has 0 saturated heterocycles. The maximum atomic E-state index is 11.8. The number of aryl methyl sites for hydroxylation is 1. The summed E-state index contributed by atoms with van der Waals surface area (Å²) in [5.74, 6) is -0.206. The summed E-state index contributed by atoms with van der Waals surface area (Å²) in [6.45, 7) is 3.93. The highest BCUT2D eigenvalue weighted by molar-refractivity contribution is 7.11. The van der Waals surface area contributed by atoms with Crippen molar-refractivity contribution in [3.63, 3.8) is 0 Å². The van der Waals surface area contributed by atoms with Crippen molar-refractivity contribution in [3.05, 3.63) is 28.0 Å². The Labute approximate surface area is 135 Å². The molecule has 22 heavy (non-hydrogen) atoms. The fraction of sp³-hybridized carbons (Fsp3) is 0.529. The van der Waals surface area contributed by atoms with Gasteiger partial charge in [0.15, 0.2) is 6.61 Å². The molecule has 2 rings (SSSR count). The third-order valence-electron chi connectivity index (χ3n) is 4.08. The smallest absolute Gasteiger partial charge is 0.331 e. The molecule has 0 unspecified atom stereocenters. The monoisotopic (exact) mass is 321 g/mol. The number of nitrogens with one attached hydrogen (secondary N) is 1. The van der Waals surface area contributed by atoms with E-state index in [1.807, 2.05) is 18.4 Å². The topological polar surface area (TPSA) is 55.4 Å². The molecule has 1 fully saturated rings. The number of amides is 1. The molecule has 1 aliphatic carbocycles. The van der Waals surface area contributed by atoms with E-state index in [-0.39, 0.29) is 18.6 Å². The van der Waals surface area contributed by atoms with Crippen molar-refractivity contribution >= 4 is 29.3 Å². The summed E-state index contributed by atoms with van der Waals surface area (Å²) in [6.07, 6.45) is 7.64. The van der Waals surface area contributed by atoms with Crippen molar-refractivity contribution < 1.29 is 14.3 Å². The standard InChI is InChI=1S/C17H23NO3S/c1-12-5-3-4-6-14(12)18-16(19)11-21-17(20)8-7-15-13(2)9-10-22-15/h7-10,12,14H,3-6,11H2,1-2H3,(H,18,19)/b8-7+/t12-,14+/m1/s1. The molecule has 5 heteroatoms. The van der Waals surface area contributed by atoms with E-state index >= 15 is 0 Å². The highest BCUT2D eigenvalue weighted by Gasteiger charge is 2.22. The molecule has 1 aromatic heterocycles. The Bertz CT molecular complexity index is 550. The van der Waals surface area contributed by atoms with E-state index in [0.29, 0.717) is 5.92 Å². The number of rotatable bonds is 5. The first-order valence-electron chi connectivity index (χ1n) is 7.74. The summed E-state index contributed by atoms with van der Waals surface area (Å²) < 4.78 is 4.99. The minimum atomic E-state index is -0.486. The van der Waals surface area contributed by atoms with Gasteiger partial charge in [-0.1, -0.05) is 19.8 Å². The highest BCUT2D eigenvalue weighted by atomic mass is 32.1. The second-order valence-electron chi connectivity index (χ2n) is 5.84. The van der Waals surface area contributed by atoms with Crippen LogP contribution in [0.15, 0.2) is 17.5 Å². The van der Waals surface area contributed by atoms with Crippen LogP contribution in [0.3, 0.4) is 0 Å². The minimum Gasteiger partial charge on any atom is -0.452 e. The fourth-order valence-corrected chi connectivity index (χ4v) is 3.48. The molecule has 2 atom stereocenters. The quantitative estimate of drug-likeness (QED) is 0.668. The number of carbonyl (C=O) groups excluding carboxylic acids is 2. The van der Waals surface area contributed by atoms with Gasteiger partial charge in [-0.2, -0.15) is 0 Å². The van der Waals surface area contributed by atoms with Crippen LogP contribution in [0.1, 0.15) is 43.0 Å². The van der Waals surface area contributed by atoms with Crippen LogP contribution in [0.5, 0.6) is 0 Å². The third-order valence-corrected chi connectivity index (χ3v) is 5.06. The zero-order valence-corrected chi connectivity index (χ0v) is 13.9. The lowest BCUT2D eigenvalue weighted by Crippen LogP contribution is -2.42. The summed E-state index contributed by atoms with van der Waals surface area (Å²) >= 11 is 1.57. The maximum absolute atomic E-state index is 11.8. The van der Waals surface area contributed by atoms with Crippen molar-refractivity contribution in [2.24, 2.45) is 5.92 Å². The first-order valence-corrected chi connectivity index (χ1v) is 8.62. The van der Waals surface area contributed by atoms with Crippen molar-refractivity contribution in [2.75, 3.05) is 6.61 Å². The second kappa shape index (κ2) is 8.13. The summed E-state index contributed by atoms with van der Waals surface area (Å²) in [5, 5.41) is 4.94. The van der Waals surface area contributed by atoms with Gasteiger partial charge in [0, 0.05) is 17.0 Å². The van der Waals surface area contributed by atoms with Crippen molar-refractivity contribution in [2.45, 2.75) is 45.6 Å². The number of ether oxygens (including phenoxy) is 1. The molecule has 1 heterocycles. The Hall–Kier alpha value is -1.62. The van der Waals surface area contributed by atoms with E-state index in [1.54, 1.807) is 17.4 Å². The second-order valence-corrected chi connectivity index (χ2v) is 6.79. The van der Waals surface area contributed by atoms with Crippen LogP contribution in [0.25, 0.3) is 6.08 Å². The largest absolute Gasteiger partial charge is 0.452 e. The zero-order chi connectivity index (χ0) is 15.9. The Kier molecular flexibility index (Phi) is 6.19. The van der Waals surface area contributed by atoms with E-state index in [2.05, 4.69) is 12.2 Å². The van der Waals surface area contributed by atoms with Crippen LogP contribution < -0.4 is 5.32 Å². The van der Waals surface area contributed by atoms with Crippen LogP contribution in [-0.2, 0) is 14.3 Å². The predicted octanol–water partition coefficient (Wildman–Crippen LogP) is 3.31.